The molecule has 1 heterocycles. The van der Waals surface area contributed by atoms with Gasteiger partial charge >= 0.3 is 6.03 Å². The maximum atomic E-state index is 12.4. The molecule has 2 aliphatic rings. The summed E-state index contributed by atoms with van der Waals surface area (Å²) in [6.45, 7) is 4.08. The first kappa shape index (κ1) is 13.7. The lowest BCUT2D eigenvalue weighted by Gasteiger charge is -2.40. The van der Waals surface area contributed by atoms with Crippen molar-refractivity contribution < 1.29 is 4.79 Å². The first-order valence-corrected chi connectivity index (χ1v) is 7.37. The van der Waals surface area contributed by atoms with Crippen LogP contribution in [0.4, 0.5) is 4.79 Å². The second-order valence-corrected chi connectivity index (χ2v) is 6.08. The summed E-state index contributed by atoms with van der Waals surface area (Å²) in [6, 6.07) is 0.589. The van der Waals surface area contributed by atoms with Crippen LogP contribution in [0.1, 0.15) is 45.4 Å². The molecule has 2 rings (SSSR count). The minimum Gasteiger partial charge on any atom is -0.326 e. The third kappa shape index (κ3) is 2.97. The number of nitrogens with two attached hydrogens (primary N) is 1. The van der Waals surface area contributed by atoms with Crippen molar-refractivity contribution >= 4 is 6.03 Å². The minimum atomic E-state index is 0.163. The first-order chi connectivity index (χ1) is 8.59. The van der Waals surface area contributed by atoms with Crippen molar-refractivity contribution in [1.29, 1.82) is 0 Å². The molecule has 1 saturated heterocycles. The van der Waals surface area contributed by atoms with Gasteiger partial charge < -0.3 is 15.5 Å². The van der Waals surface area contributed by atoms with Gasteiger partial charge in [-0.3, -0.25) is 0 Å². The molecule has 2 atom stereocenters. The largest absolute Gasteiger partial charge is 0.326 e. The van der Waals surface area contributed by atoms with Gasteiger partial charge in [-0.05, 0) is 31.6 Å². The van der Waals surface area contributed by atoms with Crippen molar-refractivity contribution in [3.63, 3.8) is 0 Å². The van der Waals surface area contributed by atoms with Crippen LogP contribution in [0.15, 0.2) is 0 Å². The minimum absolute atomic E-state index is 0.163. The van der Waals surface area contributed by atoms with Gasteiger partial charge in [0.2, 0.25) is 0 Å². The number of likely N-dealkylation sites (tertiary alicyclic amines) is 1. The van der Waals surface area contributed by atoms with E-state index < -0.39 is 0 Å². The molecular formula is C14H27N3O. The van der Waals surface area contributed by atoms with Crippen molar-refractivity contribution in [2.75, 3.05) is 20.1 Å². The lowest BCUT2D eigenvalue weighted by Crippen LogP contribution is -2.54. The Balaban J connectivity index is 1.91. The van der Waals surface area contributed by atoms with Crippen LogP contribution < -0.4 is 5.73 Å². The maximum Gasteiger partial charge on any atom is 0.320 e. The molecule has 0 aromatic rings. The Hall–Kier alpha value is -0.770. The molecule has 0 radical (unpaired) electrons. The van der Waals surface area contributed by atoms with Gasteiger partial charge in [0.1, 0.15) is 0 Å². The van der Waals surface area contributed by atoms with Gasteiger partial charge in [0.05, 0.1) is 0 Å². The van der Waals surface area contributed by atoms with E-state index in [-0.39, 0.29) is 18.1 Å². The number of piperidine rings is 1. The van der Waals surface area contributed by atoms with Crippen molar-refractivity contribution in [2.45, 2.75) is 57.5 Å². The number of carbonyl (C=O) groups excluding carboxylic acids is 1. The van der Waals surface area contributed by atoms with E-state index in [1.165, 1.54) is 12.8 Å². The van der Waals surface area contributed by atoms with E-state index in [4.69, 9.17) is 5.73 Å². The molecule has 0 spiro atoms. The van der Waals surface area contributed by atoms with E-state index in [0.29, 0.717) is 0 Å². The number of likely N-dealkylation sites (N-methyl/N-ethyl adjacent to an activating group) is 1. The van der Waals surface area contributed by atoms with E-state index in [1.807, 2.05) is 16.8 Å². The summed E-state index contributed by atoms with van der Waals surface area (Å²) in [5.74, 6) is 0.760. The molecule has 4 heteroatoms. The van der Waals surface area contributed by atoms with Crippen LogP contribution in [0.3, 0.4) is 0 Å². The molecule has 2 unspecified atom stereocenters. The standard InChI is InChI=1S/C14H27N3O/c1-11-7-9-17(10-8-11)14(18)16(2)13-6-4-3-5-12(13)15/h11-13H,3-10,15H2,1-2H3. The highest BCUT2D eigenvalue weighted by Gasteiger charge is 2.31. The fraction of sp³-hybridized carbons (Fsp3) is 0.929. The maximum absolute atomic E-state index is 12.4. The summed E-state index contributed by atoms with van der Waals surface area (Å²) in [4.78, 5) is 16.3. The topological polar surface area (TPSA) is 49.6 Å². The quantitative estimate of drug-likeness (QED) is 0.777. The molecule has 0 bridgehead atoms. The van der Waals surface area contributed by atoms with Gasteiger partial charge in [-0.1, -0.05) is 19.8 Å². The molecular weight excluding hydrogens is 226 g/mol. The van der Waals surface area contributed by atoms with Gasteiger partial charge in [0, 0.05) is 32.2 Å². The second-order valence-electron chi connectivity index (χ2n) is 6.08. The number of rotatable bonds is 1. The number of hydrogen-bond donors (Lipinski definition) is 1. The highest BCUT2D eigenvalue weighted by atomic mass is 16.2. The summed E-state index contributed by atoms with van der Waals surface area (Å²) >= 11 is 0. The van der Waals surface area contributed by atoms with E-state index in [1.54, 1.807) is 0 Å². The van der Waals surface area contributed by atoms with Crippen LogP contribution >= 0.6 is 0 Å². The number of urea groups is 1. The third-order valence-electron chi connectivity index (χ3n) is 4.63. The Morgan fingerprint density at radius 3 is 2.39 bits per heavy atom. The number of carbonyl (C=O) groups is 1. The molecule has 1 aliphatic heterocycles. The van der Waals surface area contributed by atoms with E-state index in [0.717, 1.165) is 44.7 Å². The lowest BCUT2D eigenvalue weighted by atomic mass is 9.90. The van der Waals surface area contributed by atoms with E-state index >= 15 is 0 Å². The zero-order chi connectivity index (χ0) is 13.1. The lowest BCUT2D eigenvalue weighted by molar-refractivity contribution is 0.113. The Morgan fingerprint density at radius 2 is 1.78 bits per heavy atom. The zero-order valence-corrected chi connectivity index (χ0v) is 11.8. The Labute approximate surface area is 110 Å². The summed E-state index contributed by atoms with van der Waals surface area (Å²) in [6.07, 6.45) is 6.80. The smallest absolute Gasteiger partial charge is 0.320 e. The summed E-state index contributed by atoms with van der Waals surface area (Å²) in [5, 5.41) is 0. The highest BCUT2D eigenvalue weighted by molar-refractivity contribution is 5.74. The molecule has 1 aliphatic carbocycles. The van der Waals surface area contributed by atoms with Crippen molar-refractivity contribution in [1.82, 2.24) is 9.80 Å². The molecule has 104 valence electrons. The van der Waals surface area contributed by atoms with Crippen LogP contribution in [-0.2, 0) is 0 Å². The second kappa shape index (κ2) is 5.91. The molecule has 1 saturated carbocycles. The normalized spacial score (nSPS) is 30.3. The summed E-state index contributed by atoms with van der Waals surface area (Å²) in [7, 11) is 1.93. The molecule has 0 aromatic heterocycles. The number of amides is 2. The van der Waals surface area contributed by atoms with Gasteiger partial charge in [0.25, 0.3) is 0 Å². The third-order valence-corrected chi connectivity index (χ3v) is 4.63. The van der Waals surface area contributed by atoms with Crippen molar-refractivity contribution in [2.24, 2.45) is 11.7 Å². The van der Waals surface area contributed by atoms with Gasteiger partial charge in [0.15, 0.2) is 0 Å². The van der Waals surface area contributed by atoms with Gasteiger partial charge in [-0.25, -0.2) is 4.79 Å². The van der Waals surface area contributed by atoms with Crippen LogP contribution in [0.2, 0.25) is 0 Å². The first-order valence-electron chi connectivity index (χ1n) is 7.37. The van der Waals surface area contributed by atoms with Crippen molar-refractivity contribution in [3.8, 4) is 0 Å². The zero-order valence-electron chi connectivity index (χ0n) is 11.8. The summed E-state index contributed by atoms with van der Waals surface area (Å²) in [5.41, 5.74) is 6.16. The molecule has 2 amide bonds. The fourth-order valence-corrected chi connectivity index (χ4v) is 3.19. The molecule has 4 nitrogen and oxygen atoms in total. The SMILES string of the molecule is CC1CCN(C(=O)N(C)C2CCCCC2N)CC1. The Kier molecular flexibility index (Phi) is 4.49. The van der Waals surface area contributed by atoms with Crippen LogP contribution in [0, 0.1) is 5.92 Å². The predicted octanol–water partition coefficient (Wildman–Crippen LogP) is 2.04. The number of nitrogens with zero attached hydrogens (tertiary/aromatic N) is 2. The van der Waals surface area contributed by atoms with E-state index in [2.05, 4.69) is 6.92 Å². The molecule has 0 aromatic carbocycles. The van der Waals surface area contributed by atoms with Gasteiger partial charge in [-0.15, -0.1) is 0 Å². The van der Waals surface area contributed by atoms with Gasteiger partial charge in [-0.2, -0.15) is 0 Å². The molecule has 18 heavy (non-hydrogen) atoms. The van der Waals surface area contributed by atoms with Crippen LogP contribution in [0.25, 0.3) is 0 Å². The average Bonchev–Trinajstić information content (AvgIpc) is 2.38. The van der Waals surface area contributed by atoms with Crippen LogP contribution in [0.5, 0.6) is 0 Å². The van der Waals surface area contributed by atoms with Crippen molar-refractivity contribution in [3.05, 3.63) is 0 Å². The highest BCUT2D eigenvalue weighted by Crippen LogP contribution is 2.23. The molecule has 2 N–H and O–H groups in total. The Morgan fingerprint density at radius 1 is 1.17 bits per heavy atom. The molecule has 2 fully saturated rings. The predicted molar refractivity (Wildman–Crippen MR) is 73.4 cm³/mol. The Bertz CT molecular complexity index is 287. The van der Waals surface area contributed by atoms with E-state index in [9.17, 15) is 4.79 Å². The average molecular weight is 253 g/mol. The monoisotopic (exact) mass is 253 g/mol. The fourth-order valence-electron chi connectivity index (χ4n) is 3.19. The number of hydrogen-bond acceptors (Lipinski definition) is 2. The summed E-state index contributed by atoms with van der Waals surface area (Å²) < 4.78 is 0. The van der Waals surface area contributed by atoms with Crippen LogP contribution in [-0.4, -0.2) is 48.1 Å².